The maximum Gasteiger partial charge on any atom is 0.333 e. The van der Waals surface area contributed by atoms with E-state index >= 15 is 0 Å². The predicted molar refractivity (Wildman–Crippen MR) is 53.2 cm³/mol. The number of carboxylic acid groups (broad SMARTS) is 1. The van der Waals surface area contributed by atoms with Crippen molar-refractivity contribution < 1.29 is 29.1 Å². The summed E-state index contributed by atoms with van der Waals surface area (Å²) in [6, 6.07) is 0. The van der Waals surface area contributed by atoms with E-state index < -0.39 is 29.7 Å². The van der Waals surface area contributed by atoms with Gasteiger partial charge >= 0.3 is 11.9 Å². The fraction of sp³-hybridized carbons (Fsp3) is 0.600. The Hall–Kier alpha value is -1.92. The van der Waals surface area contributed by atoms with Crippen molar-refractivity contribution in [1.29, 1.82) is 0 Å². The van der Waals surface area contributed by atoms with E-state index in [2.05, 4.69) is 4.84 Å². The summed E-state index contributed by atoms with van der Waals surface area (Å²) in [6.07, 6.45) is -0.242. The zero-order chi connectivity index (χ0) is 13.0. The number of imide groups is 1. The van der Waals surface area contributed by atoms with Crippen LogP contribution in [0.4, 0.5) is 0 Å². The van der Waals surface area contributed by atoms with Crippen LogP contribution in [0.1, 0.15) is 32.6 Å². The Kier molecular flexibility index (Phi) is 4.19. The largest absolute Gasteiger partial charge is 0.481 e. The van der Waals surface area contributed by atoms with Gasteiger partial charge in [-0.15, -0.1) is 5.06 Å². The van der Waals surface area contributed by atoms with E-state index in [-0.39, 0.29) is 25.7 Å². The molecule has 1 heterocycles. The maximum atomic E-state index is 11.3. The number of nitrogens with zero attached hydrogens (tertiary/aromatic N) is 1. The molecule has 1 fully saturated rings. The maximum absolute atomic E-state index is 11.3. The van der Waals surface area contributed by atoms with E-state index in [0.717, 1.165) is 0 Å². The Bertz CT molecular complexity index is 348. The molecule has 7 nitrogen and oxygen atoms in total. The third-order valence-electron chi connectivity index (χ3n) is 2.24. The lowest BCUT2D eigenvalue weighted by Crippen LogP contribution is -2.32. The van der Waals surface area contributed by atoms with Crippen molar-refractivity contribution in [3.05, 3.63) is 0 Å². The SMILES string of the molecule is CC(CC(=O)O)CC(=O)ON1C(=O)CCC1=O. The van der Waals surface area contributed by atoms with Crippen LogP contribution in [0.3, 0.4) is 0 Å². The molecule has 17 heavy (non-hydrogen) atoms. The molecular formula is C10H13NO6. The molecular weight excluding hydrogens is 230 g/mol. The van der Waals surface area contributed by atoms with E-state index in [1.807, 2.05) is 0 Å². The highest BCUT2D eigenvalue weighted by molar-refractivity contribution is 6.01. The van der Waals surface area contributed by atoms with E-state index in [1.165, 1.54) is 0 Å². The van der Waals surface area contributed by atoms with E-state index in [4.69, 9.17) is 5.11 Å². The zero-order valence-corrected chi connectivity index (χ0v) is 9.34. The van der Waals surface area contributed by atoms with Crippen molar-refractivity contribution in [3.63, 3.8) is 0 Å². The standard InChI is InChI=1S/C10H13NO6/c1-6(4-9(14)15)5-10(16)17-11-7(12)2-3-8(11)13/h6H,2-5H2,1H3,(H,14,15). The van der Waals surface area contributed by atoms with Gasteiger partial charge in [0.25, 0.3) is 11.8 Å². The number of hydroxylamine groups is 2. The topological polar surface area (TPSA) is 101 Å². The number of amides is 2. The summed E-state index contributed by atoms with van der Waals surface area (Å²) in [7, 11) is 0. The fourth-order valence-electron chi connectivity index (χ4n) is 1.45. The van der Waals surface area contributed by atoms with Crippen LogP contribution in [0, 0.1) is 5.92 Å². The molecule has 1 atom stereocenters. The van der Waals surface area contributed by atoms with Gasteiger partial charge in [0, 0.05) is 19.3 Å². The third-order valence-corrected chi connectivity index (χ3v) is 2.24. The van der Waals surface area contributed by atoms with Crippen molar-refractivity contribution in [2.75, 3.05) is 0 Å². The van der Waals surface area contributed by atoms with Crippen molar-refractivity contribution in [3.8, 4) is 0 Å². The van der Waals surface area contributed by atoms with Crippen LogP contribution in [0.2, 0.25) is 0 Å². The van der Waals surface area contributed by atoms with Gasteiger partial charge in [-0.05, 0) is 5.92 Å². The Balaban J connectivity index is 2.41. The minimum atomic E-state index is -1.02. The minimum absolute atomic E-state index is 0.0385. The summed E-state index contributed by atoms with van der Waals surface area (Å²) >= 11 is 0. The van der Waals surface area contributed by atoms with Crippen molar-refractivity contribution in [1.82, 2.24) is 5.06 Å². The summed E-state index contributed by atoms with van der Waals surface area (Å²) in [4.78, 5) is 48.5. The average Bonchev–Trinajstić information content (AvgIpc) is 2.47. The van der Waals surface area contributed by atoms with E-state index in [1.54, 1.807) is 6.92 Å². The number of hydrogen-bond donors (Lipinski definition) is 1. The average molecular weight is 243 g/mol. The van der Waals surface area contributed by atoms with Gasteiger partial charge in [0.15, 0.2) is 0 Å². The number of carbonyl (C=O) groups is 4. The molecule has 1 aliphatic rings. The van der Waals surface area contributed by atoms with Gasteiger partial charge in [0.2, 0.25) is 0 Å². The van der Waals surface area contributed by atoms with Crippen LogP contribution >= 0.6 is 0 Å². The smallest absolute Gasteiger partial charge is 0.333 e. The molecule has 0 radical (unpaired) electrons. The van der Waals surface area contributed by atoms with Gasteiger partial charge < -0.3 is 9.94 Å². The lowest BCUT2D eigenvalue weighted by Gasteiger charge is -2.14. The predicted octanol–water partition coefficient (Wildman–Crippen LogP) is 0.0945. The van der Waals surface area contributed by atoms with Crippen molar-refractivity contribution in [2.45, 2.75) is 32.6 Å². The third kappa shape index (κ3) is 3.86. The normalized spacial score (nSPS) is 17.1. The van der Waals surface area contributed by atoms with Gasteiger partial charge in [0.05, 0.1) is 6.42 Å². The Morgan fingerprint density at radius 1 is 1.29 bits per heavy atom. The molecule has 0 aliphatic carbocycles. The second-order valence-corrected chi connectivity index (χ2v) is 3.95. The summed E-state index contributed by atoms with van der Waals surface area (Å²) < 4.78 is 0. The summed E-state index contributed by atoms with van der Waals surface area (Å²) in [5, 5.41) is 8.95. The summed E-state index contributed by atoms with van der Waals surface area (Å²) in [5.41, 5.74) is 0. The molecule has 1 saturated heterocycles. The first-order chi connectivity index (χ1) is 7.90. The Morgan fingerprint density at radius 3 is 2.29 bits per heavy atom. The number of carboxylic acids is 1. The molecule has 0 bridgehead atoms. The zero-order valence-electron chi connectivity index (χ0n) is 9.34. The van der Waals surface area contributed by atoms with Crippen molar-refractivity contribution >= 4 is 23.8 Å². The van der Waals surface area contributed by atoms with Gasteiger partial charge in [-0.3, -0.25) is 14.4 Å². The molecule has 1 N–H and O–H groups in total. The molecule has 0 saturated carbocycles. The van der Waals surface area contributed by atoms with Crippen molar-refractivity contribution in [2.24, 2.45) is 5.92 Å². The number of hydrogen-bond acceptors (Lipinski definition) is 5. The fourth-order valence-corrected chi connectivity index (χ4v) is 1.45. The number of carbonyl (C=O) groups excluding carboxylic acids is 3. The highest BCUT2D eigenvalue weighted by atomic mass is 16.7. The van der Waals surface area contributed by atoms with Gasteiger partial charge in [-0.1, -0.05) is 6.92 Å². The van der Waals surface area contributed by atoms with E-state index in [0.29, 0.717) is 5.06 Å². The Labute approximate surface area is 97.3 Å². The molecule has 1 unspecified atom stereocenters. The van der Waals surface area contributed by atoms with Gasteiger partial charge in [-0.2, -0.15) is 0 Å². The minimum Gasteiger partial charge on any atom is -0.481 e. The van der Waals surface area contributed by atoms with Crippen LogP contribution in [-0.4, -0.2) is 33.9 Å². The molecule has 94 valence electrons. The summed E-state index contributed by atoms with van der Waals surface area (Å²) in [5.74, 6) is -3.29. The number of rotatable bonds is 5. The van der Waals surface area contributed by atoms with E-state index in [9.17, 15) is 19.2 Å². The van der Waals surface area contributed by atoms with Gasteiger partial charge in [0.1, 0.15) is 0 Å². The summed E-state index contributed by atoms with van der Waals surface area (Å²) in [6.45, 7) is 1.57. The number of aliphatic carboxylic acids is 1. The molecule has 7 heteroatoms. The second kappa shape index (κ2) is 5.42. The molecule has 1 aliphatic heterocycles. The molecule has 1 rings (SSSR count). The highest BCUT2D eigenvalue weighted by Gasteiger charge is 2.33. The van der Waals surface area contributed by atoms with Crippen LogP contribution in [-0.2, 0) is 24.0 Å². The first-order valence-corrected chi connectivity index (χ1v) is 5.18. The molecule has 0 spiro atoms. The second-order valence-electron chi connectivity index (χ2n) is 3.95. The first kappa shape index (κ1) is 13.1. The highest BCUT2D eigenvalue weighted by Crippen LogP contribution is 2.15. The quantitative estimate of drug-likeness (QED) is 0.687. The lowest BCUT2D eigenvalue weighted by atomic mass is 10.0. The molecule has 2 amide bonds. The van der Waals surface area contributed by atoms with Crippen LogP contribution < -0.4 is 0 Å². The van der Waals surface area contributed by atoms with Crippen LogP contribution in [0.5, 0.6) is 0 Å². The lowest BCUT2D eigenvalue weighted by molar-refractivity contribution is -0.198. The molecule has 0 aromatic carbocycles. The van der Waals surface area contributed by atoms with Crippen LogP contribution in [0.25, 0.3) is 0 Å². The molecule has 0 aromatic rings. The molecule has 0 aromatic heterocycles. The Morgan fingerprint density at radius 2 is 1.82 bits per heavy atom. The first-order valence-electron chi connectivity index (χ1n) is 5.18. The van der Waals surface area contributed by atoms with Gasteiger partial charge in [-0.25, -0.2) is 4.79 Å². The monoisotopic (exact) mass is 243 g/mol. The van der Waals surface area contributed by atoms with Crippen LogP contribution in [0.15, 0.2) is 0 Å².